The number of anilines is 1. The number of aromatic nitrogens is 2. The average Bonchev–Trinajstić information content (AvgIpc) is 3.30. The molecule has 41 heavy (non-hydrogen) atoms. The van der Waals surface area contributed by atoms with Crippen molar-refractivity contribution in [3.05, 3.63) is 59.3 Å². The van der Waals surface area contributed by atoms with Gasteiger partial charge in [0.2, 0.25) is 11.8 Å². The van der Waals surface area contributed by atoms with Crippen LogP contribution in [0.3, 0.4) is 0 Å². The maximum Gasteiger partial charge on any atom is 0.240 e. The number of hydrogen-bond donors (Lipinski definition) is 1. The first-order chi connectivity index (χ1) is 19.5. The van der Waals surface area contributed by atoms with E-state index in [1.165, 1.54) is 11.8 Å². The van der Waals surface area contributed by atoms with E-state index in [1.807, 2.05) is 56.3 Å². The van der Waals surface area contributed by atoms with Crippen LogP contribution >= 0.6 is 11.8 Å². The van der Waals surface area contributed by atoms with E-state index < -0.39 is 0 Å². The fourth-order valence-electron chi connectivity index (χ4n) is 4.83. The molecule has 220 valence electrons. The molecule has 4 rings (SSSR count). The first kappa shape index (κ1) is 30.3. The van der Waals surface area contributed by atoms with E-state index in [4.69, 9.17) is 19.3 Å². The summed E-state index contributed by atoms with van der Waals surface area (Å²) in [6, 6.07) is 13.2. The van der Waals surface area contributed by atoms with Crippen LogP contribution in [-0.2, 0) is 15.0 Å². The van der Waals surface area contributed by atoms with Crippen molar-refractivity contribution in [1.82, 2.24) is 15.1 Å². The van der Waals surface area contributed by atoms with Crippen molar-refractivity contribution in [1.29, 1.82) is 0 Å². The first-order valence-corrected chi connectivity index (χ1v) is 14.8. The van der Waals surface area contributed by atoms with Crippen molar-refractivity contribution in [2.45, 2.75) is 57.7 Å². The number of nitrogens with zero attached hydrogens (tertiary/aromatic N) is 3. The maximum atomic E-state index is 13.9. The zero-order valence-corrected chi connectivity index (χ0v) is 25.9. The lowest BCUT2D eigenvalue weighted by Crippen LogP contribution is -2.44. The van der Waals surface area contributed by atoms with Gasteiger partial charge in [0.05, 0.1) is 43.7 Å². The van der Waals surface area contributed by atoms with Gasteiger partial charge >= 0.3 is 0 Å². The number of amides is 2. The van der Waals surface area contributed by atoms with E-state index in [-0.39, 0.29) is 40.8 Å². The highest BCUT2D eigenvalue weighted by Crippen LogP contribution is 2.51. The van der Waals surface area contributed by atoms with Crippen LogP contribution < -0.4 is 24.4 Å². The van der Waals surface area contributed by atoms with Crippen LogP contribution in [0.4, 0.5) is 5.82 Å². The summed E-state index contributed by atoms with van der Waals surface area (Å²) >= 11 is 1.50. The molecule has 0 saturated heterocycles. The largest absolute Gasteiger partial charge is 0.497 e. The van der Waals surface area contributed by atoms with Gasteiger partial charge in [0.25, 0.3) is 0 Å². The molecule has 0 aliphatic carbocycles. The van der Waals surface area contributed by atoms with Gasteiger partial charge in [-0.05, 0) is 55.8 Å². The third-order valence-corrected chi connectivity index (χ3v) is 8.39. The Morgan fingerprint density at radius 3 is 2.32 bits per heavy atom. The molecule has 1 N–H and O–H groups in total. The van der Waals surface area contributed by atoms with Crippen LogP contribution in [0.1, 0.15) is 63.1 Å². The Labute approximate surface area is 246 Å². The van der Waals surface area contributed by atoms with E-state index >= 15 is 0 Å². The fourth-order valence-corrected chi connectivity index (χ4v) is 6.05. The van der Waals surface area contributed by atoms with Crippen molar-refractivity contribution >= 4 is 29.4 Å². The number of benzene rings is 2. The maximum absolute atomic E-state index is 13.9. The molecule has 0 radical (unpaired) electrons. The van der Waals surface area contributed by atoms with E-state index in [0.717, 1.165) is 28.9 Å². The molecule has 0 fully saturated rings. The molecule has 2 atom stereocenters. The SMILES string of the molecule is CC[C@@H](C)NC(=O)CN1C(=O)CS[C@@H](c2cc(OC)ccc2OC)c2c(C(C)(C)C)nn(-c3ccc(OC)cc3)c21. The van der Waals surface area contributed by atoms with Crippen molar-refractivity contribution in [2.75, 3.05) is 38.5 Å². The lowest BCUT2D eigenvalue weighted by atomic mass is 9.87. The van der Waals surface area contributed by atoms with Gasteiger partial charge in [-0.3, -0.25) is 14.5 Å². The molecule has 1 aliphatic heterocycles. The standard InChI is InChI=1S/C31H40N4O5S/c1-9-19(2)32-25(36)17-34-26(37)18-41-28(23-16-22(39-7)14-15-24(23)40-8)27-29(31(3,4)5)33-35(30(27)34)20-10-12-21(38-6)13-11-20/h10-16,19,28H,9,17-18H2,1-8H3,(H,32,36)/t19-,28+/m1/s1. The van der Waals surface area contributed by atoms with Gasteiger partial charge in [0.1, 0.15) is 29.6 Å². The van der Waals surface area contributed by atoms with Crippen LogP contribution in [0.15, 0.2) is 42.5 Å². The normalized spacial score (nSPS) is 16.0. The number of hydrogen-bond acceptors (Lipinski definition) is 7. The topological polar surface area (TPSA) is 94.9 Å². The molecule has 1 aliphatic rings. The van der Waals surface area contributed by atoms with Gasteiger partial charge in [-0.1, -0.05) is 27.7 Å². The molecule has 3 aromatic rings. The van der Waals surface area contributed by atoms with Gasteiger partial charge in [0, 0.05) is 22.6 Å². The first-order valence-electron chi connectivity index (χ1n) is 13.7. The zero-order valence-electron chi connectivity index (χ0n) is 25.1. The lowest BCUT2D eigenvalue weighted by Gasteiger charge is -2.25. The predicted molar refractivity (Wildman–Crippen MR) is 163 cm³/mol. The quantitative estimate of drug-likeness (QED) is 0.368. The van der Waals surface area contributed by atoms with Gasteiger partial charge in [-0.15, -0.1) is 11.8 Å². The molecule has 10 heteroatoms. The van der Waals surface area contributed by atoms with Crippen LogP contribution in [0.2, 0.25) is 0 Å². The van der Waals surface area contributed by atoms with Crippen molar-refractivity contribution < 1.29 is 23.8 Å². The van der Waals surface area contributed by atoms with Crippen molar-refractivity contribution in [3.8, 4) is 22.9 Å². The Hall–Kier alpha value is -3.66. The van der Waals surface area contributed by atoms with E-state index in [0.29, 0.717) is 23.1 Å². The molecule has 1 aromatic heterocycles. The minimum atomic E-state index is -0.384. The number of carbonyl (C=O) groups is 2. The lowest BCUT2D eigenvalue weighted by molar-refractivity contribution is -0.123. The highest BCUT2D eigenvalue weighted by Gasteiger charge is 2.41. The highest BCUT2D eigenvalue weighted by atomic mass is 32.2. The summed E-state index contributed by atoms with van der Waals surface area (Å²) in [4.78, 5) is 28.7. The Kier molecular flexibility index (Phi) is 9.21. The Bertz CT molecular complexity index is 1400. The summed E-state index contributed by atoms with van der Waals surface area (Å²) in [5.74, 6) is 2.42. The molecular weight excluding hydrogens is 540 g/mol. The van der Waals surface area contributed by atoms with Crippen LogP contribution in [0, 0.1) is 0 Å². The predicted octanol–water partition coefficient (Wildman–Crippen LogP) is 5.28. The molecule has 0 unspecified atom stereocenters. The Balaban J connectivity index is 2.02. The summed E-state index contributed by atoms with van der Waals surface area (Å²) in [5, 5.41) is 7.84. The smallest absolute Gasteiger partial charge is 0.240 e. The Morgan fingerprint density at radius 1 is 1.07 bits per heavy atom. The van der Waals surface area contributed by atoms with Crippen molar-refractivity contribution in [2.24, 2.45) is 0 Å². The van der Waals surface area contributed by atoms with E-state index in [1.54, 1.807) is 30.9 Å². The third-order valence-electron chi connectivity index (χ3n) is 7.16. The van der Waals surface area contributed by atoms with Gasteiger partial charge in [0.15, 0.2) is 0 Å². The molecule has 9 nitrogen and oxygen atoms in total. The Morgan fingerprint density at radius 2 is 1.73 bits per heavy atom. The number of methoxy groups -OCH3 is 3. The highest BCUT2D eigenvalue weighted by molar-refractivity contribution is 8.00. The molecule has 0 spiro atoms. The molecule has 0 saturated carbocycles. The van der Waals surface area contributed by atoms with Crippen molar-refractivity contribution in [3.63, 3.8) is 0 Å². The average molecular weight is 581 g/mol. The fraction of sp³-hybridized carbons (Fsp3) is 0.452. The van der Waals surface area contributed by atoms with Gasteiger partial charge in [-0.2, -0.15) is 5.10 Å². The number of fused-ring (bicyclic) bond motifs is 1. The van der Waals surface area contributed by atoms with Crippen LogP contribution in [0.5, 0.6) is 17.2 Å². The summed E-state index contributed by atoms with van der Waals surface area (Å²) in [6.45, 7) is 10.1. The number of rotatable bonds is 9. The number of carbonyl (C=O) groups excluding carboxylic acids is 2. The number of ether oxygens (including phenoxy) is 3. The van der Waals surface area contributed by atoms with Crippen LogP contribution in [0.25, 0.3) is 5.69 Å². The minimum absolute atomic E-state index is 0.0103. The zero-order chi connectivity index (χ0) is 29.9. The van der Waals surface area contributed by atoms with Gasteiger partial charge in [-0.25, -0.2) is 4.68 Å². The number of nitrogens with one attached hydrogen (secondary N) is 1. The monoisotopic (exact) mass is 580 g/mol. The minimum Gasteiger partial charge on any atom is -0.497 e. The third kappa shape index (κ3) is 6.32. The second-order valence-corrected chi connectivity index (χ2v) is 12.2. The summed E-state index contributed by atoms with van der Waals surface area (Å²) in [7, 11) is 4.88. The molecule has 2 aromatic carbocycles. The summed E-state index contributed by atoms with van der Waals surface area (Å²) in [6.07, 6.45) is 0.788. The number of thioether (sulfide) groups is 1. The summed E-state index contributed by atoms with van der Waals surface area (Å²) in [5.41, 5.74) is 2.93. The second-order valence-electron chi connectivity index (χ2n) is 11.1. The van der Waals surface area contributed by atoms with Crippen LogP contribution in [-0.4, -0.2) is 61.3 Å². The van der Waals surface area contributed by atoms with Gasteiger partial charge < -0.3 is 19.5 Å². The molecular formula is C31H40N4O5S. The van der Waals surface area contributed by atoms with E-state index in [9.17, 15) is 9.59 Å². The molecule has 2 heterocycles. The molecule has 0 bridgehead atoms. The van der Waals surface area contributed by atoms with E-state index in [2.05, 4.69) is 26.1 Å². The molecule has 2 amide bonds. The summed E-state index contributed by atoms with van der Waals surface area (Å²) < 4.78 is 18.5. The second kappa shape index (κ2) is 12.5.